The molecule has 0 fully saturated rings. The third kappa shape index (κ3) is 3.58. The first-order valence-electron chi connectivity index (χ1n) is 8.66. The minimum atomic E-state index is -0.477. The summed E-state index contributed by atoms with van der Waals surface area (Å²) in [7, 11) is 1.33. The Hall–Kier alpha value is -3.47. The van der Waals surface area contributed by atoms with Crippen LogP contribution < -0.4 is 4.74 Å². The average Bonchev–Trinajstić information content (AvgIpc) is 3.35. The minimum Gasteiger partial charge on any atom is -0.488 e. The van der Waals surface area contributed by atoms with Crippen LogP contribution in [-0.4, -0.2) is 17.6 Å². The van der Waals surface area contributed by atoms with Crippen molar-refractivity contribution in [1.29, 1.82) is 0 Å². The molecule has 0 aliphatic carbocycles. The number of ether oxygens (including phenoxy) is 2. The van der Waals surface area contributed by atoms with Gasteiger partial charge in [0.25, 0.3) is 0 Å². The van der Waals surface area contributed by atoms with Gasteiger partial charge >= 0.3 is 5.97 Å². The maximum absolute atomic E-state index is 11.5. The molecule has 0 radical (unpaired) electrons. The number of carbonyl (C=O) groups excluding carboxylic acids is 1. The van der Waals surface area contributed by atoms with Crippen molar-refractivity contribution in [2.75, 3.05) is 7.11 Å². The van der Waals surface area contributed by atoms with E-state index in [2.05, 4.69) is 9.30 Å². The van der Waals surface area contributed by atoms with Crippen LogP contribution in [0.2, 0.25) is 0 Å². The van der Waals surface area contributed by atoms with Gasteiger partial charge in [0, 0.05) is 11.6 Å². The lowest BCUT2D eigenvalue weighted by molar-refractivity contribution is 0.0563. The van der Waals surface area contributed by atoms with E-state index in [9.17, 15) is 4.79 Å². The van der Waals surface area contributed by atoms with E-state index >= 15 is 0 Å². The van der Waals surface area contributed by atoms with Gasteiger partial charge in [-0.2, -0.15) is 0 Å². The van der Waals surface area contributed by atoms with Crippen LogP contribution in [0.15, 0.2) is 77.3 Å². The summed E-state index contributed by atoms with van der Waals surface area (Å²) in [4.78, 5) is 11.5. The molecule has 5 nitrogen and oxygen atoms in total. The molecule has 0 amide bonds. The second kappa shape index (κ2) is 7.41. The Kier molecular flexibility index (Phi) is 4.66. The van der Waals surface area contributed by atoms with Gasteiger partial charge in [0.1, 0.15) is 18.1 Å². The zero-order valence-corrected chi connectivity index (χ0v) is 14.9. The molecule has 0 bridgehead atoms. The number of benzene rings is 2. The number of carbonyl (C=O) groups is 1. The predicted molar refractivity (Wildman–Crippen MR) is 102 cm³/mol. The third-order valence-electron chi connectivity index (χ3n) is 4.39. The molecule has 5 heteroatoms. The summed E-state index contributed by atoms with van der Waals surface area (Å²) in [5, 5.41) is 1.04. The highest BCUT2D eigenvalue weighted by Crippen LogP contribution is 2.28. The minimum absolute atomic E-state index is 0.204. The number of fused-ring (bicyclic) bond motifs is 1. The van der Waals surface area contributed by atoms with E-state index in [4.69, 9.17) is 9.15 Å². The molecule has 136 valence electrons. The number of furan rings is 1. The maximum Gasteiger partial charge on any atom is 0.373 e. The zero-order chi connectivity index (χ0) is 18.6. The topological polar surface area (TPSA) is 53.6 Å². The van der Waals surface area contributed by atoms with E-state index < -0.39 is 5.97 Å². The van der Waals surface area contributed by atoms with Crippen LogP contribution in [0.3, 0.4) is 0 Å². The van der Waals surface area contributed by atoms with Crippen molar-refractivity contribution in [3.8, 4) is 5.75 Å². The van der Waals surface area contributed by atoms with Gasteiger partial charge < -0.3 is 18.5 Å². The summed E-state index contributed by atoms with van der Waals surface area (Å²) in [5.41, 5.74) is 2.16. The molecule has 0 saturated carbocycles. The Balaban J connectivity index is 1.55. The quantitative estimate of drug-likeness (QED) is 0.469. The molecule has 4 rings (SSSR count). The molecule has 4 aromatic rings. The Morgan fingerprint density at radius 2 is 1.85 bits per heavy atom. The highest BCUT2D eigenvalue weighted by Gasteiger charge is 2.13. The molecular formula is C22H19NO4. The highest BCUT2D eigenvalue weighted by atomic mass is 16.5. The van der Waals surface area contributed by atoms with Crippen molar-refractivity contribution in [2.24, 2.45) is 0 Å². The van der Waals surface area contributed by atoms with Crippen LogP contribution in [0.4, 0.5) is 0 Å². The molecule has 2 aromatic carbocycles. The maximum atomic E-state index is 11.5. The van der Waals surface area contributed by atoms with E-state index in [1.807, 2.05) is 60.8 Å². The van der Waals surface area contributed by atoms with Crippen LogP contribution in [0, 0.1) is 0 Å². The molecule has 0 saturated heterocycles. The van der Waals surface area contributed by atoms with Gasteiger partial charge in [0.05, 0.1) is 19.2 Å². The van der Waals surface area contributed by atoms with Gasteiger partial charge in [-0.3, -0.25) is 0 Å². The van der Waals surface area contributed by atoms with E-state index in [-0.39, 0.29) is 5.76 Å². The summed E-state index contributed by atoms with van der Waals surface area (Å²) in [5.74, 6) is 1.25. The van der Waals surface area contributed by atoms with Crippen LogP contribution in [0.5, 0.6) is 5.75 Å². The van der Waals surface area contributed by atoms with Crippen LogP contribution in [0.1, 0.15) is 21.9 Å². The Morgan fingerprint density at radius 3 is 2.67 bits per heavy atom. The SMILES string of the molecule is COC(=O)c1ccc(Cn2ccc3c(OCc4ccccc4)cccc32)o1. The first-order valence-corrected chi connectivity index (χ1v) is 8.66. The number of rotatable bonds is 6. The summed E-state index contributed by atoms with van der Waals surface area (Å²) >= 11 is 0. The molecule has 0 spiro atoms. The summed E-state index contributed by atoms with van der Waals surface area (Å²) < 4.78 is 18.3. The number of nitrogens with zero attached hydrogens (tertiary/aromatic N) is 1. The zero-order valence-electron chi connectivity index (χ0n) is 14.9. The van der Waals surface area contributed by atoms with Gasteiger partial charge in [-0.1, -0.05) is 36.4 Å². The smallest absolute Gasteiger partial charge is 0.373 e. The highest BCUT2D eigenvalue weighted by molar-refractivity contribution is 5.87. The van der Waals surface area contributed by atoms with Crippen molar-refractivity contribution in [2.45, 2.75) is 13.2 Å². The molecule has 0 unspecified atom stereocenters. The summed E-state index contributed by atoms with van der Waals surface area (Å²) in [6, 6.07) is 21.5. The molecular weight excluding hydrogens is 342 g/mol. The number of aromatic nitrogens is 1. The predicted octanol–water partition coefficient (Wildman–Crippen LogP) is 4.65. The number of methoxy groups -OCH3 is 1. The van der Waals surface area contributed by atoms with Gasteiger partial charge in [-0.05, 0) is 35.9 Å². The van der Waals surface area contributed by atoms with Crippen molar-refractivity contribution < 1.29 is 18.7 Å². The normalized spacial score (nSPS) is 10.9. The summed E-state index contributed by atoms with van der Waals surface area (Å²) in [6.45, 7) is 1.04. The van der Waals surface area contributed by atoms with Crippen LogP contribution >= 0.6 is 0 Å². The number of hydrogen-bond acceptors (Lipinski definition) is 4. The van der Waals surface area contributed by atoms with E-state index in [0.717, 1.165) is 22.2 Å². The second-order valence-corrected chi connectivity index (χ2v) is 6.16. The molecule has 27 heavy (non-hydrogen) atoms. The van der Waals surface area contributed by atoms with E-state index in [0.29, 0.717) is 18.9 Å². The lowest BCUT2D eigenvalue weighted by Gasteiger charge is -2.09. The fourth-order valence-corrected chi connectivity index (χ4v) is 3.04. The van der Waals surface area contributed by atoms with Gasteiger partial charge in [0.15, 0.2) is 0 Å². The fraction of sp³-hybridized carbons (Fsp3) is 0.136. The number of esters is 1. The van der Waals surface area contributed by atoms with Crippen molar-refractivity contribution in [3.63, 3.8) is 0 Å². The van der Waals surface area contributed by atoms with E-state index in [1.165, 1.54) is 7.11 Å². The average molecular weight is 361 g/mol. The second-order valence-electron chi connectivity index (χ2n) is 6.16. The van der Waals surface area contributed by atoms with Gasteiger partial charge in [-0.15, -0.1) is 0 Å². The van der Waals surface area contributed by atoms with Gasteiger partial charge in [-0.25, -0.2) is 4.79 Å². The third-order valence-corrected chi connectivity index (χ3v) is 4.39. The lowest BCUT2D eigenvalue weighted by Crippen LogP contribution is -1.99. The molecule has 2 heterocycles. The van der Waals surface area contributed by atoms with Crippen LogP contribution in [-0.2, 0) is 17.9 Å². The Bertz CT molecular complexity index is 1060. The van der Waals surface area contributed by atoms with E-state index in [1.54, 1.807) is 12.1 Å². The number of hydrogen-bond donors (Lipinski definition) is 0. The van der Waals surface area contributed by atoms with Crippen molar-refractivity contribution in [3.05, 3.63) is 90.0 Å². The Labute approximate surface area is 156 Å². The first-order chi connectivity index (χ1) is 13.2. The monoisotopic (exact) mass is 361 g/mol. The molecule has 2 aromatic heterocycles. The lowest BCUT2D eigenvalue weighted by atomic mass is 10.2. The standard InChI is InChI=1S/C22H19NO4/c1-25-22(24)21-11-10-17(27-21)14-23-13-12-18-19(23)8-5-9-20(18)26-15-16-6-3-2-4-7-16/h2-13H,14-15H2,1H3. The molecule has 0 N–H and O–H groups in total. The first kappa shape index (κ1) is 17.0. The van der Waals surface area contributed by atoms with Gasteiger partial charge in [0.2, 0.25) is 5.76 Å². The largest absolute Gasteiger partial charge is 0.488 e. The summed E-state index contributed by atoms with van der Waals surface area (Å²) in [6.07, 6.45) is 1.99. The van der Waals surface area contributed by atoms with Crippen molar-refractivity contribution >= 4 is 16.9 Å². The van der Waals surface area contributed by atoms with Crippen molar-refractivity contribution in [1.82, 2.24) is 4.57 Å². The van der Waals surface area contributed by atoms with Crippen LogP contribution in [0.25, 0.3) is 10.9 Å². The fourth-order valence-electron chi connectivity index (χ4n) is 3.04. The Morgan fingerprint density at radius 1 is 1.00 bits per heavy atom. The molecule has 0 atom stereocenters. The molecule has 0 aliphatic rings. The molecule has 0 aliphatic heterocycles.